The van der Waals surface area contributed by atoms with E-state index in [1.54, 1.807) is 41.4 Å². The van der Waals surface area contributed by atoms with Gasteiger partial charge in [0.1, 0.15) is 17.6 Å². The van der Waals surface area contributed by atoms with Crippen LogP contribution >= 0.6 is 0 Å². The number of oxazole rings is 1. The summed E-state index contributed by atoms with van der Waals surface area (Å²) in [6.07, 6.45) is 3.78. The molecule has 0 radical (unpaired) electrons. The third-order valence-corrected chi connectivity index (χ3v) is 5.44. The smallest absolute Gasteiger partial charge is 0.261 e. The van der Waals surface area contributed by atoms with Gasteiger partial charge in [-0.1, -0.05) is 18.2 Å². The predicted octanol–water partition coefficient (Wildman–Crippen LogP) is 4.16. The summed E-state index contributed by atoms with van der Waals surface area (Å²) < 4.78 is 35.5. The van der Waals surface area contributed by atoms with Crippen molar-refractivity contribution in [2.24, 2.45) is 0 Å². The van der Waals surface area contributed by atoms with Gasteiger partial charge in [-0.05, 0) is 42.7 Å². The van der Waals surface area contributed by atoms with Gasteiger partial charge in [-0.25, -0.2) is 9.37 Å². The van der Waals surface area contributed by atoms with E-state index in [1.807, 2.05) is 0 Å². The van der Waals surface area contributed by atoms with Gasteiger partial charge in [0.05, 0.1) is 20.4 Å². The normalized spacial score (nSPS) is 15.6. The minimum Gasteiger partial charge on any atom is -0.493 e. The van der Waals surface area contributed by atoms with Crippen LogP contribution in [0.15, 0.2) is 53.1 Å². The summed E-state index contributed by atoms with van der Waals surface area (Å²) in [7, 11) is 3.07. The van der Waals surface area contributed by atoms with E-state index >= 15 is 0 Å². The maximum atomic E-state index is 13.1. The highest BCUT2D eigenvalue weighted by Gasteiger charge is 2.33. The molecule has 0 N–H and O–H groups in total. The van der Waals surface area contributed by atoms with Crippen LogP contribution in [-0.4, -0.2) is 43.2 Å². The topological polar surface area (TPSA) is 74.0 Å². The molecule has 32 heavy (non-hydrogen) atoms. The molecule has 3 aromatic rings. The first-order valence-electron chi connectivity index (χ1n) is 10.4. The van der Waals surface area contributed by atoms with E-state index in [0.717, 1.165) is 18.4 Å². The van der Waals surface area contributed by atoms with Crippen LogP contribution in [0.5, 0.6) is 17.2 Å². The van der Waals surface area contributed by atoms with Crippen LogP contribution in [0.4, 0.5) is 4.39 Å². The molecule has 2 aromatic carbocycles. The van der Waals surface area contributed by atoms with Crippen molar-refractivity contribution in [3.63, 3.8) is 0 Å². The van der Waals surface area contributed by atoms with Crippen molar-refractivity contribution in [1.82, 2.24) is 9.88 Å². The molecule has 0 saturated carbocycles. The summed E-state index contributed by atoms with van der Waals surface area (Å²) >= 11 is 0. The number of amides is 1. The number of para-hydroxylation sites is 1. The molecule has 1 unspecified atom stereocenters. The van der Waals surface area contributed by atoms with Crippen molar-refractivity contribution in [3.8, 4) is 17.2 Å². The molecule has 2 heterocycles. The number of benzene rings is 2. The van der Waals surface area contributed by atoms with Crippen molar-refractivity contribution >= 4 is 5.91 Å². The zero-order valence-corrected chi connectivity index (χ0v) is 18.0. The molecule has 1 fully saturated rings. The number of carbonyl (C=O) groups excluding carboxylic acids is 1. The molecular formula is C24H25FN2O5. The lowest BCUT2D eigenvalue weighted by molar-refractivity contribution is -0.134. The van der Waals surface area contributed by atoms with Gasteiger partial charge < -0.3 is 23.5 Å². The Bertz CT molecular complexity index is 1040. The first-order valence-corrected chi connectivity index (χ1v) is 10.4. The summed E-state index contributed by atoms with van der Waals surface area (Å²) in [6, 6.07) is 11.3. The van der Waals surface area contributed by atoms with E-state index in [4.69, 9.17) is 18.6 Å². The van der Waals surface area contributed by atoms with Crippen molar-refractivity contribution in [2.75, 3.05) is 27.4 Å². The monoisotopic (exact) mass is 440 g/mol. The summed E-state index contributed by atoms with van der Waals surface area (Å²) in [5, 5.41) is 0. The third-order valence-electron chi connectivity index (χ3n) is 5.44. The second kappa shape index (κ2) is 9.72. The number of carbonyl (C=O) groups is 1. The van der Waals surface area contributed by atoms with Gasteiger partial charge in [0.25, 0.3) is 5.91 Å². The number of halogens is 1. The Balaban J connectivity index is 1.42. The van der Waals surface area contributed by atoms with Crippen molar-refractivity contribution < 1.29 is 27.8 Å². The largest absolute Gasteiger partial charge is 0.493 e. The third kappa shape index (κ3) is 4.69. The van der Waals surface area contributed by atoms with Crippen LogP contribution in [0.3, 0.4) is 0 Å². The second-order valence-electron chi connectivity index (χ2n) is 7.49. The Morgan fingerprint density at radius 1 is 1.16 bits per heavy atom. The molecular weight excluding hydrogens is 415 g/mol. The zero-order valence-electron chi connectivity index (χ0n) is 18.0. The molecule has 1 amide bonds. The van der Waals surface area contributed by atoms with Crippen molar-refractivity contribution in [1.29, 1.82) is 0 Å². The summed E-state index contributed by atoms with van der Waals surface area (Å²) in [5.41, 5.74) is 0.924. The minimum absolute atomic E-state index is 0.156. The van der Waals surface area contributed by atoms with Gasteiger partial charge in [0.2, 0.25) is 11.6 Å². The molecule has 0 spiro atoms. The highest BCUT2D eigenvalue weighted by atomic mass is 19.1. The average molecular weight is 440 g/mol. The van der Waals surface area contributed by atoms with Crippen LogP contribution in [0, 0.1) is 5.82 Å². The molecule has 8 heteroatoms. The highest BCUT2D eigenvalue weighted by molar-refractivity contribution is 5.78. The number of hydrogen-bond donors (Lipinski definition) is 0. The van der Waals surface area contributed by atoms with Crippen molar-refractivity contribution in [2.45, 2.75) is 25.3 Å². The Kier molecular flexibility index (Phi) is 6.58. The van der Waals surface area contributed by atoms with E-state index in [2.05, 4.69) is 4.98 Å². The molecule has 4 rings (SSSR count). The lowest BCUT2D eigenvalue weighted by Crippen LogP contribution is -2.34. The van der Waals surface area contributed by atoms with E-state index in [1.165, 1.54) is 26.4 Å². The number of hydrogen-bond acceptors (Lipinski definition) is 6. The second-order valence-corrected chi connectivity index (χ2v) is 7.49. The molecule has 1 aromatic heterocycles. The first kappa shape index (κ1) is 21.7. The summed E-state index contributed by atoms with van der Waals surface area (Å²) in [6.45, 7) is 0.446. The lowest BCUT2D eigenvalue weighted by Gasteiger charge is -2.23. The number of ether oxygens (including phenoxy) is 3. The van der Waals surface area contributed by atoms with Gasteiger partial charge in [-0.2, -0.15) is 0 Å². The fourth-order valence-corrected chi connectivity index (χ4v) is 3.86. The van der Waals surface area contributed by atoms with E-state index in [-0.39, 0.29) is 24.4 Å². The van der Waals surface area contributed by atoms with Crippen LogP contribution in [-0.2, 0) is 11.2 Å². The Labute approximate surface area is 185 Å². The fraction of sp³-hybridized carbons (Fsp3) is 0.333. The molecule has 1 saturated heterocycles. The van der Waals surface area contributed by atoms with Crippen LogP contribution in [0.2, 0.25) is 0 Å². The number of rotatable bonds is 8. The van der Waals surface area contributed by atoms with Gasteiger partial charge >= 0.3 is 0 Å². The molecule has 1 aliphatic heterocycles. The molecule has 0 bridgehead atoms. The fourth-order valence-electron chi connectivity index (χ4n) is 3.86. The van der Waals surface area contributed by atoms with Gasteiger partial charge in [-0.15, -0.1) is 0 Å². The van der Waals surface area contributed by atoms with Crippen LogP contribution in [0.1, 0.15) is 36.1 Å². The molecule has 7 nitrogen and oxygen atoms in total. The van der Waals surface area contributed by atoms with Crippen LogP contribution < -0.4 is 14.2 Å². The molecule has 168 valence electrons. The summed E-state index contributed by atoms with van der Waals surface area (Å²) in [5.74, 6) is 2.10. The van der Waals surface area contributed by atoms with Gasteiger partial charge in [0, 0.05) is 13.0 Å². The Hall–Kier alpha value is -3.55. The Morgan fingerprint density at radius 3 is 2.56 bits per heavy atom. The lowest BCUT2D eigenvalue weighted by atomic mass is 10.1. The molecule has 1 aliphatic rings. The Morgan fingerprint density at radius 2 is 1.88 bits per heavy atom. The van der Waals surface area contributed by atoms with Crippen molar-refractivity contribution in [3.05, 3.63) is 71.7 Å². The van der Waals surface area contributed by atoms with Gasteiger partial charge in [-0.3, -0.25) is 4.79 Å². The molecule has 0 aliphatic carbocycles. The van der Waals surface area contributed by atoms with E-state index in [0.29, 0.717) is 41.9 Å². The van der Waals surface area contributed by atoms with Gasteiger partial charge in [0.15, 0.2) is 18.1 Å². The van der Waals surface area contributed by atoms with E-state index < -0.39 is 0 Å². The predicted molar refractivity (Wildman–Crippen MR) is 114 cm³/mol. The minimum atomic E-state index is -0.278. The number of likely N-dealkylation sites (tertiary alicyclic amines) is 1. The molecule has 1 atom stereocenters. The van der Waals surface area contributed by atoms with Crippen LogP contribution in [0.25, 0.3) is 0 Å². The zero-order chi connectivity index (χ0) is 22.5. The maximum Gasteiger partial charge on any atom is 0.261 e. The quantitative estimate of drug-likeness (QED) is 0.524. The summed E-state index contributed by atoms with van der Waals surface area (Å²) in [4.78, 5) is 19.1. The standard InChI is InChI=1S/C24H25FN2O5/c1-29-20-6-3-7-21(30-2)23(20)31-15-22(28)27-12-4-5-19(27)24-26-14-18(32-24)13-16-8-10-17(25)11-9-16/h3,6-11,14,19H,4-5,12-13,15H2,1-2H3. The number of nitrogens with zero attached hydrogens (tertiary/aromatic N) is 2. The number of aromatic nitrogens is 1. The average Bonchev–Trinajstić information content (AvgIpc) is 3.48. The SMILES string of the molecule is COc1cccc(OC)c1OCC(=O)N1CCCC1c1ncc(Cc2ccc(F)cc2)o1. The highest BCUT2D eigenvalue weighted by Crippen LogP contribution is 2.37. The number of methoxy groups -OCH3 is 2. The van der Waals surface area contributed by atoms with E-state index in [9.17, 15) is 9.18 Å². The first-order chi connectivity index (χ1) is 15.6. The maximum absolute atomic E-state index is 13.1.